The number of rotatable bonds is 2. The summed E-state index contributed by atoms with van der Waals surface area (Å²) in [4.78, 5) is 0. The molecular formula is C14H26O2. The van der Waals surface area contributed by atoms with Crippen LogP contribution >= 0.6 is 0 Å². The van der Waals surface area contributed by atoms with Crippen LogP contribution in [0.4, 0.5) is 0 Å². The van der Waals surface area contributed by atoms with Gasteiger partial charge in [-0.15, -0.1) is 0 Å². The number of aliphatic hydroxyl groups is 1. The minimum Gasteiger partial charge on any atom is -0.394 e. The van der Waals surface area contributed by atoms with Crippen LogP contribution in [0, 0.1) is 17.8 Å². The Bertz CT molecular complexity index is 239. The second-order valence-corrected chi connectivity index (χ2v) is 6.26. The molecule has 2 fully saturated rings. The third kappa shape index (κ3) is 2.14. The first-order chi connectivity index (χ1) is 7.57. The maximum atomic E-state index is 9.25. The molecule has 2 heteroatoms. The fourth-order valence-electron chi connectivity index (χ4n) is 3.92. The second-order valence-electron chi connectivity index (χ2n) is 6.26. The molecule has 1 N–H and O–H groups in total. The van der Waals surface area contributed by atoms with Crippen LogP contribution in [0.5, 0.6) is 0 Å². The molecule has 0 radical (unpaired) electrons. The van der Waals surface area contributed by atoms with E-state index in [-0.39, 0.29) is 18.3 Å². The number of aliphatic hydroxyl groups excluding tert-OH is 1. The average Bonchev–Trinajstić information content (AvgIpc) is 2.61. The van der Waals surface area contributed by atoms with Crippen LogP contribution < -0.4 is 0 Å². The molecule has 1 aliphatic heterocycles. The molecule has 2 nitrogen and oxygen atoms in total. The lowest BCUT2D eigenvalue weighted by molar-refractivity contribution is -0.131. The lowest BCUT2D eigenvalue weighted by atomic mass is 9.66. The Morgan fingerprint density at radius 2 is 2.06 bits per heavy atom. The molecule has 1 aliphatic carbocycles. The average molecular weight is 226 g/mol. The van der Waals surface area contributed by atoms with E-state index in [4.69, 9.17) is 4.74 Å². The SMILES string of the molecule is CC1CCC(C(C)C)C2(CCC(CO)O2)C1. The first-order valence-electron chi connectivity index (χ1n) is 6.86. The topological polar surface area (TPSA) is 29.5 Å². The summed E-state index contributed by atoms with van der Waals surface area (Å²) in [6, 6.07) is 0. The van der Waals surface area contributed by atoms with Crippen LogP contribution in [-0.4, -0.2) is 23.4 Å². The molecule has 4 atom stereocenters. The third-order valence-electron chi connectivity index (χ3n) is 4.64. The van der Waals surface area contributed by atoms with E-state index in [1.165, 1.54) is 19.3 Å². The van der Waals surface area contributed by atoms with Gasteiger partial charge in [-0.3, -0.25) is 0 Å². The number of hydrogen-bond donors (Lipinski definition) is 1. The van der Waals surface area contributed by atoms with Crippen molar-refractivity contribution in [1.29, 1.82) is 0 Å². The molecule has 1 spiro atoms. The second kappa shape index (κ2) is 4.66. The molecule has 16 heavy (non-hydrogen) atoms. The highest BCUT2D eigenvalue weighted by molar-refractivity contribution is 4.99. The van der Waals surface area contributed by atoms with Crippen molar-refractivity contribution in [2.24, 2.45) is 17.8 Å². The molecule has 1 saturated carbocycles. The van der Waals surface area contributed by atoms with Crippen LogP contribution in [0.25, 0.3) is 0 Å². The van der Waals surface area contributed by atoms with Crippen molar-refractivity contribution in [2.45, 2.75) is 64.6 Å². The van der Waals surface area contributed by atoms with E-state index >= 15 is 0 Å². The lowest BCUT2D eigenvalue weighted by Gasteiger charge is -2.45. The normalized spacial score (nSPS) is 44.4. The van der Waals surface area contributed by atoms with Crippen LogP contribution in [0.2, 0.25) is 0 Å². The third-order valence-corrected chi connectivity index (χ3v) is 4.64. The minimum absolute atomic E-state index is 0.0965. The Labute approximate surface area is 99.4 Å². The van der Waals surface area contributed by atoms with Crippen molar-refractivity contribution >= 4 is 0 Å². The van der Waals surface area contributed by atoms with Crippen molar-refractivity contribution in [3.05, 3.63) is 0 Å². The fraction of sp³-hybridized carbons (Fsp3) is 1.00. The molecule has 0 aromatic carbocycles. The largest absolute Gasteiger partial charge is 0.394 e. The Morgan fingerprint density at radius 1 is 1.31 bits per heavy atom. The highest BCUT2D eigenvalue weighted by Gasteiger charge is 2.49. The van der Waals surface area contributed by atoms with Crippen molar-refractivity contribution in [2.75, 3.05) is 6.61 Å². The quantitative estimate of drug-likeness (QED) is 0.784. The standard InChI is InChI=1S/C14H26O2/c1-10(2)13-5-4-11(3)8-14(13)7-6-12(9-15)16-14/h10-13,15H,4-9H2,1-3H3. The van der Waals surface area contributed by atoms with E-state index in [0.29, 0.717) is 11.8 Å². The summed E-state index contributed by atoms with van der Waals surface area (Å²) in [7, 11) is 0. The zero-order valence-electron chi connectivity index (χ0n) is 10.9. The van der Waals surface area contributed by atoms with Crippen LogP contribution in [0.3, 0.4) is 0 Å². The van der Waals surface area contributed by atoms with E-state index < -0.39 is 0 Å². The van der Waals surface area contributed by atoms with E-state index in [1.54, 1.807) is 0 Å². The first kappa shape index (κ1) is 12.4. The van der Waals surface area contributed by atoms with Gasteiger partial charge < -0.3 is 9.84 Å². The van der Waals surface area contributed by atoms with Gasteiger partial charge in [-0.05, 0) is 43.4 Å². The predicted octanol–water partition coefficient (Wildman–Crippen LogP) is 2.99. The van der Waals surface area contributed by atoms with Gasteiger partial charge in [-0.25, -0.2) is 0 Å². The first-order valence-corrected chi connectivity index (χ1v) is 6.86. The molecule has 1 saturated heterocycles. The van der Waals surface area contributed by atoms with Gasteiger partial charge in [0.15, 0.2) is 0 Å². The van der Waals surface area contributed by atoms with Gasteiger partial charge in [0.05, 0.1) is 18.3 Å². The van der Waals surface area contributed by atoms with Gasteiger partial charge in [-0.2, -0.15) is 0 Å². The molecule has 2 rings (SSSR count). The molecule has 0 aromatic heterocycles. The molecule has 1 heterocycles. The molecule has 2 aliphatic rings. The number of ether oxygens (including phenoxy) is 1. The summed E-state index contributed by atoms with van der Waals surface area (Å²) >= 11 is 0. The highest BCUT2D eigenvalue weighted by Crippen LogP contribution is 2.49. The van der Waals surface area contributed by atoms with Crippen LogP contribution in [0.1, 0.15) is 52.9 Å². The Balaban J connectivity index is 2.13. The van der Waals surface area contributed by atoms with Crippen molar-refractivity contribution in [1.82, 2.24) is 0 Å². The molecule has 0 aromatic rings. The Hall–Kier alpha value is -0.0800. The van der Waals surface area contributed by atoms with Gasteiger partial charge in [0.2, 0.25) is 0 Å². The zero-order chi connectivity index (χ0) is 11.8. The zero-order valence-corrected chi connectivity index (χ0v) is 10.9. The maximum Gasteiger partial charge on any atom is 0.0814 e. The van der Waals surface area contributed by atoms with Gasteiger partial charge in [0, 0.05) is 0 Å². The van der Waals surface area contributed by atoms with Crippen molar-refractivity contribution in [3.63, 3.8) is 0 Å². The van der Waals surface area contributed by atoms with E-state index in [0.717, 1.165) is 18.8 Å². The molecule has 4 unspecified atom stereocenters. The molecule has 0 amide bonds. The fourth-order valence-corrected chi connectivity index (χ4v) is 3.92. The summed E-state index contributed by atoms with van der Waals surface area (Å²) in [6.45, 7) is 7.17. The van der Waals surface area contributed by atoms with E-state index in [2.05, 4.69) is 20.8 Å². The number of hydrogen-bond acceptors (Lipinski definition) is 2. The maximum absolute atomic E-state index is 9.25. The summed E-state index contributed by atoms with van der Waals surface area (Å²) in [5.41, 5.74) is 0.0965. The van der Waals surface area contributed by atoms with Gasteiger partial charge in [0.25, 0.3) is 0 Å². The summed E-state index contributed by atoms with van der Waals surface area (Å²) in [5.74, 6) is 2.18. The molecule has 94 valence electrons. The summed E-state index contributed by atoms with van der Waals surface area (Å²) < 4.78 is 6.23. The Morgan fingerprint density at radius 3 is 2.62 bits per heavy atom. The van der Waals surface area contributed by atoms with Crippen LogP contribution in [-0.2, 0) is 4.74 Å². The van der Waals surface area contributed by atoms with E-state index in [1.807, 2.05) is 0 Å². The van der Waals surface area contributed by atoms with Gasteiger partial charge >= 0.3 is 0 Å². The van der Waals surface area contributed by atoms with Crippen LogP contribution in [0.15, 0.2) is 0 Å². The lowest BCUT2D eigenvalue weighted by Crippen LogP contribution is -2.45. The van der Waals surface area contributed by atoms with Crippen molar-refractivity contribution in [3.8, 4) is 0 Å². The highest BCUT2D eigenvalue weighted by atomic mass is 16.5. The minimum atomic E-state index is 0.0965. The molecular weight excluding hydrogens is 200 g/mol. The monoisotopic (exact) mass is 226 g/mol. The summed E-state index contributed by atoms with van der Waals surface area (Å²) in [5, 5.41) is 9.25. The molecule has 0 bridgehead atoms. The van der Waals surface area contributed by atoms with E-state index in [9.17, 15) is 5.11 Å². The van der Waals surface area contributed by atoms with Gasteiger partial charge in [0.1, 0.15) is 0 Å². The van der Waals surface area contributed by atoms with Gasteiger partial charge in [-0.1, -0.05) is 27.2 Å². The summed E-state index contributed by atoms with van der Waals surface area (Å²) in [6.07, 6.45) is 6.16. The van der Waals surface area contributed by atoms with Crippen molar-refractivity contribution < 1.29 is 9.84 Å². The Kier molecular flexibility index (Phi) is 3.60. The predicted molar refractivity (Wildman–Crippen MR) is 65.3 cm³/mol. The smallest absolute Gasteiger partial charge is 0.0814 e.